The minimum atomic E-state index is -0.493. The third kappa shape index (κ3) is 2.74. The fraction of sp³-hybridized carbons (Fsp3) is 0.118. The van der Waals surface area contributed by atoms with E-state index in [0.29, 0.717) is 16.8 Å². The average Bonchev–Trinajstić information content (AvgIpc) is 2.52. The van der Waals surface area contributed by atoms with Crippen molar-refractivity contribution in [1.29, 1.82) is 0 Å². The van der Waals surface area contributed by atoms with Gasteiger partial charge in [-0.2, -0.15) is 0 Å². The number of aromatic nitrogens is 2. The van der Waals surface area contributed by atoms with Crippen molar-refractivity contribution in [2.45, 2.75) is 13.5 Å². The molecule has 5 heteroatoms. The fourth-order valence-corrected chi connectivity index (χ4v) is 2.23. The van der Waals surface area contributed by atoms with Crippen LogP contribution in [-0.4, -0.2) is 15.5 Å². The summed E-state index contributed by atoms with van der Waals surface area (Å²) in [4.78, 5) is 28.2. The number of ether oxygens (including phenoxy) is 1. The van der Waals surface area contributed by atoms with Gasteiger partial charge in [-0.15, -0.1) is 0 Å². The summed E-state index contributed by atoms with van der Waals surface area (Å²) >= 11 is 0. The molecule has 1 heterocycles. The summed E-state index contributed by atoms with van der Waals surface area (Å²) in [5, 5.41) is 0. The van der Waals surface area contributed by atoms with Crippen molar-refractivity contribution in [2.75, 3.05) is 0 Å². The lowest BCUT2D eigenvalue weighted by molar-refractivity contribution is -0.135. The van der Waals surface area contributed by atoms with E-state index < -0.39 is 5.97 Å². The molecule has 0 atom stereocenters. The molecule has 5 nitrogen and oxygen atoms in total. The number of benzene rings is 2. The van der Waals surface area contributed by atoms with Crippen molar-refractivity contribution in [3.63, 3.8) is 0 Å². The Morgan fingerprint density at radius 2 is 1.86 bits per heavy atom. The van der Waals surface area contributed by atoms with Gasteiger partial charge >= 0.3 is 5.97 Å². The van der Waals surface area contributed by atoms with Gasteiger partial charge in [0.2, 0.25) is 0 Å². The number of rotatable bonds is 3. The zero-order valence-electron chi connectivity index (χ0n) is 12.0. The molecule has 2 aromatic carbocycles. The molecule has 110 valence electrons. The highest BCUT2D eigenvalue weighted by atomic mass is 16.5. The summed E-state index contributed by atoms with van der Waals surface area (Å²) in [5.74, 6) is 0.00617. The molecule has 0 aliphatic heterocycles. The molecule has 0 amide bonds. The number of esters is 1. The summed E-state index contributed by atoms with van der Waals surface area (Å²) in [6.07, 6.45) is 1.21. The maximum Gasteiger partial charge on any atom is 0.331 e. The number of para-hydroxylation sites is 3. The predicted octanol–water partition coefficient (Wildman–Crippen LogP) is 2.31. The minimum Gasteiger partial charge on any atom is -0.425 e. The fourth-order valence-electron chi connectivity index (χ4n) is 2.23. The topological polar surface area (TPSA) is 61.2 Å². The highest BCUT2D eigenvalue weighted by molar-refractivity contribution is 5.78. The Morgan fingerprint density at radius 1 is 1.14 bits per heavy atom. The quantitative estimate of drug-likeness (QED) is 0.549. The highest BCUT2D eigenvalue weighted by Crippen LogP contribution is 2.16. The lowest BCUT2D eigenvalue weighted by Gasteiger charge is -2.10. The van der Waals surface area contributed by atoms with Gasteiger partial charge < -0.3 is 4.74 Å². The third-order valence-electron chi connectivity index (χ3n) is 3.36. The van der Waals surface area contributed by atoms with Crippen LogP contribution in [0.2, 0.25) is 0 Å². The van der Waals surface area contributed by atoms with Gasteiger partial charge in [-0.25, -0.2) is 9.78 Å². The van der Waals surface area contributed by atoms with Crippen molar-refractivity contribution in [2.24, 2.45) is 0 Å². The molecule has 3 aromatic rings. The first-order chi connectivity index (χ1) is 10.6. The van der Waals surface area contributed by atoms with Crippen LogP contribution in [0, 0.1) is 6.92 Å². The molecule has 0 saturated carbocycles. The van der Waals surface area contributed by atoms with E-state index in [0.717, 1.165) is 5.56 Å². The summed E-state index contributed by atoms with van der Waals surface area (Å²) in [5.41, 5.74) is 1.80. The first-order valence-corrected chi connectivity index (χ1v) is 6.86. The second-order valence-corrected chi connectivity index (χ2v) is 4.91. The van der Waals surface area contributed by atoms with Crippen LogP contribution in [0.1, 0.15) is 5.56 Å². The molecule has 3 rings (SSSR count). The maximum absolute atomic E-state index is 12.1. The summed E-state index contributed by atoms with van der Waals surface area (Å²) in [7, 11) is 0. The number of hydrogen-bond acceptors (Lipinski definition) is 4. The first kappa shape index (κ1) is 14.0. The Labute approximate surface area is 126 Å². The van der Waals surface area contributed by atoms with Crippen LogP contribution in [-0.2, 0) is 11.3 Å². The highest BCUT2D eigenvalue weighted by Gasteiger charge is 2.11. The standard InChI is InChI=1S/C17H14N2O3/c1-12-6-2-5-9-15(12)22-17(21)11-19-14-8-4-3-7-13(14)18-10-16(19)20/h2-10H,11H2,1H3. The summed E-state index contributed by atoms with van der Waals surface area (Å²) < 4.78 is 6.70. The van der Waals surface area contributed by atoms with Gasteiger partial charge in [-0.1, -0.05) is 30.3 Å². The number of hydrogen-bond donors (Lipinski definition) is 0. The van der Waals surface area contributed by atoms with Crippen molar-refractivity contribution in [1.82, 2.24) is 9.55 Å². The molecule has 1 aromatic heterocycles. The number of carbonyl (C=O) groups excluding carboxylic acids is 1. The molecule has 0 aliphatic rings. The molecule has 22 heavy (non-hydrogen) atoms. The third-order valence-corrected chi connectivity index (χ3v) is 3.36. The van der Waals surface area contributed by atoms with Crippen LogP contribution in [0.3, 0.4) is 0 Å². The van der Waals surface area contributed by atoms with E-state index in [-0.39, 0.29) is 12.1 Å². The second kappa shape index (κ2) is 5.81. The van der Waals surface area contributed by atoms with Crippen molar-refractivity contribution < 1.29 is 9.53 Å². The van der Waals surface area contributed by atoms with E-state index in [9.17, 15) is 9.59 Å². The Hall–Kier alpha value is -2.95. The Bertz CT molecular complexity index is 900. The lowest BCUT2D eigenvalue weighted by Crippen LogP contribution is -2.27. The SMILES string of the molecule is Cc1ccccc1OC(=O)Cn1c(=O)cnc2ccccc21. The zero-order chi connectivity index (χ0) is 15.5. The van der Waals surface area contributed by atoms with Gasteiger partial charge in [-0.3, -0.25) is 9.36 Å². The predicted molar refractivity (Wildman–Crippen MR) is 82.8 cm³/mol. The van der Waals surface area contributed by atoms with Gasteiger partial charge in [0.1, 0.15) is 12.3 Å². The molecule has 0 spiro atoms. The van der Waals surface area contributed by atoms with E-state index in [1.807, 2.05) is 25.1 Å². The van der Waals surface area contributed by atoms with Crippen molar-refractivity contribution in [3.8, 4) is 5.75 Å². The zero-order valence-corrected chi connectivity index (χ0v) is 12.0. The largest absolute Gasteiger partial charge is 0.425 e. The van der Waals surface area contributed by atoms with E-state index >= 15 is 0 Å². The van der Waals surface area contributed by atoms with E-state index in [2.05, 4.69) is 4.98 Å². The van der Waals surface area contributed by atoms with Crippen LogP contribution < -0.4 is 10.3 Å². The van der Waals surface area contributed by atoms with E-state index in [4.69, 9.17) is 4.74 Å². The molecule has 0 aliphatic carbocycles. The van der Waals surface area contributed by atoms with E-state index in [1.54, 1.807) is 30.3 Å². The van der Waals surface area contributed by atoms with Crippen LogP contribution in [0.25, 0.3) is 11.0 Å². The number of nitrogens with zero attached hydrogens (tertiary/aromatic N) is 2. The summed E-state index contributed by atoms with van der Waals surface area (Å²) in [6.45, 7) is 1.70. The normalized spacial score (nSPS) is 10.6. The van der Waals surface area contributed by atoms with E-state index in [1.165, 1.54) is 10.8 Å². The number of carbonyl (C=O) groups is 1. The van der Waals surface area contributed by atoms with Crippen LogP contribution >= 0.6 is 0 Å². The van der Waals surface area contributed by atoms with Crippen molar-refractivity contribution in [3.05, 3.63) is 70.6 Å². The molecular weight excluding hydrogens is 280 g/mol. The monoisotopic (exact) mass is 294 g/mol. The molecule has 0 unspecified atom stereocenters. The van der Waals surface area contributed by atoms with Crippen molar-refractivity contribution >= 4 is 17.0 Å². The number of fused-ring (bicyclic) bond motifs is 1. The Kier molecular flexibility index (Phi) is 3.70. The van der Waals surface area contributed by atoms with Gasteiger partial charge in [0.25, 0.3) is 5.56 Å². The first-order valence-electron chi connectivity index (χ1n) is 6.86. The van der Waals surface area contributed by atoms with Gasteiger partial charge in [-0.05, 0) is 30.7 Å². The Balaban J connectivity index is 1.90. The number of aryl methyl sites for hydroxylation is 1. The maximum atomic E-state index is 12.1. The molecule has 0 saturated heterocycles. The molecule has 0 bridgehead atoms. The smallest absolute Gasteiger partial charge is 0.331 e. The molecular formula is C17H14N2O3. The minimum absolute atomic E-state index is 0.157. The lowest BCUT2D eigenvalue weighted by atomic mass is 10.2. The summed E-state index contributed by atoms with van der Waals surface area (Å²) in [6, 6.07) is 14.4. The molecule has 0 fully saturated rings. The Morgan fingerprint density at radius 3 is 2.68 bits per heavy atom. The van der Waals surface area contributed by atoms with Gasteiger partial charge in [0, 0.05) is 0 Å². The van der Waals surface area contributed by atoms with Gasteiger partial charge in [0.15, 0.2) is 0 Å². The molecule has 0 radical (unpaired) electrons. The van der Waals surface area contributed by atoms with Crippen LogP contribution in [0.5, 0.6) is 5.75 Å². The molecule has 0 N–H and O–H groups in total. The van der Waals surface area contributed by atoms with Crippen LogP contribution in [0.15, 0.2) is 59.5 Å². The second-order valence-electron chi connectivity index (χ2n) is 4.91. The van der Waals surface area contributed by atoms with Crippen LogP contribution in [0.4, 0.5) is 0 Å². The average molecular weight is 294 g/mol. The van der Waals surface area contributed by atoms with Gasteiger partial charge in [0.05, 0.1) is 17.2 Å².